The molecule has 0 saturated heterocycles. The Bertz CT molecular complexity index is 732. The molecule has 2 aromatic rings. The molecule has 2 unspecified atom stereocenters. The van der Waals surface area contributed by atoms with E-state index in [-0.39, 0.29) is 13.2 Å². The van der Waals surface area contributed by atoms with E-state index in [4.69, 9.17) is 9.05 Å². The van der Waals surface area contributed by atoms with Crippen LogP contribution in [-0.2, 0) is 18.2 Å². The lowest BCUT2D eigenvalue weighted by atomic mass is 10.4. The van der Waals surface area contributed by atoms with E-state index in [9.17, 15) is 18.9 Å². The van der Waals surface area contributed by atoms with Crippen molar-refractivity contribution in [1.82, 2.24) is 0 Å². The third-order valence-corrected chi connectivity index (χ3v) is 17.8. The van der Waals surface area contributed by atoms with Gasteiger partial charge in [0.05, 0.1) is 13.2 Å². The van der Waals surface area contributed by atoms with E-state index in [2.05, 4.69) is 0 Å². The average Bonchev–Trinajstić information content (AvgIpc) is 2.67. The lowest BCUT2D eigenvalue weighted by Crippen LogP contribution is -2.05. The SMILES string of the molecule is O=P([O-])(OCCOP(=O)(O)SSSc1ccccc1)SSSc1ccccc1. The van der Waals surface area contributed by atoms with Crippen molar-refractivity contribution in [2.75, 3.05) is 13.2 Å². The van der Waals surface area contributed by atoms with Gasteiger partial charge in [0.1, 0.15) is 0 Å². The highest BCUT2D eigenvalue weighted by atomic mass is 33.6. The minimum Gasteiger partial charge on any atom is -0.770 e. The van der Waals surface area contributed by atoms with Gasteiger partial charge in [-0.2, -0.15) is 0 Å². The summed E-state index contributed by atoms with van der Waals surface area (Å²) in [4.78, 5) is 23.4. The van der Waals surface area contributed by atoms with Crippen LogP contribution >= 0.6 is 75.7 Å². The van der Waals surface area contributed by atoms with Gasteiger partial charge in [0.2, 0.25) is 6.80 Å². The summed E-state index contributed by atoms with van der Waals surface area (Å²) in [6, 6.07) is 18.7. The summed E-state index contributed by atoms with van der Waals surface area (Å²) in [5, 5.41) is 0. The number of rotatable bonds is 13. The van der Waals surface area contributed by atoms with Gasteiger partial charge in [0.15, 0.2) is 0 Å². The fourth-order valence-corrected chi connectivity index (χ4v) is 15.4. The average molecular weight is 534 g/mol. The minimum atomic E-state index is -4.13. The topological polar surface area (TPSA) is 95.9 Å². The van der Waals surface area contributed by atoms with Gasteiger partial charge in [-0.15, -0.1) is 0 Å². The van der Waals surface area contributed by atoms with Crippen molar-refractivity contribution in [3.8, 4) is 0 Å². The molecule has 0 fully saturated rings. The highest BCUT2D eigenvalue weighted by Crippen LogP contribution is 2.65. The van der Waals surface area contributed by atoms with Crippen molar-refractivity contribution < 1.29 is 28.0 Å². The van der Waals surface area contributed by atoms with Crippen molar-refractivity contribution >= 4 is 75.7 Å². The molecule has 28 heavy (non-hydrogen) atoms. The monoisotopic (exact) mass is 533 g/mol. The summed E-state index contributed by atoms with van der Waals surface area (Å²) in [5.74, 6) is 0. The molecule has 2 rings (SSSR count). The highest BCUT2D eigenvalue weighted by molar-refractivity contribution is 9.20. The Hall–Kier alpha value is 0.840. The molecule has 0 radical (unpaired) electrons. The summed E-state index contributed by atoms with van der Waals surface area (Å²) in [6.45, 7) is -8.67. The molecule has 0 amide bonds. The van der Waals surface area contributed by atoms with Crippen LogP contribution in [0.3, 0.4) is 0 Å². The second-order valence-corrected chi connectivity index (χ2v) is 19.4. The van der Waals surface area contributed by atoms with Crippen LogP contribution < -0.4 is 4.89 Å². The lowest BCUT2D eigenvalue weighted by molar-refractivity contribution is -0.190. The molecular weight excluding hydrogens is 518 g/mol. The zero-order valence-electron chi connectivity index (χ0n) is 14.0. The van der Waals surface area contributed by atoms with Crippen LogP contribution in [0.5, 0.6) is 0 Å². The van der Waals surface area contributed by atoms with Gasteiger partial charge in [-0.05, 0) is 75.9 Å². The Morgan fingerprint density at radius 2 is 1.25 bits per heavy atom. The van der Waals surface area contributed by atoms with Crippen LogP contribution in [0.4, 0.5) is 0 Å². The minimum absolute atomic E-state index is 0.305. The predicted octanol–water partition coefficient (Wildman–Crippen LogP) is 6.77. The Morgan fingerprint density at radius 3 is 1.79 bits per heavy atom. The van der Waals surface area contributed by atoms with Crippen molar-refractivity contribution in [3.63, 3.8) is 0 Å². The molecule has 0 aliphatic rings. The molecule has 2 aromatic carbocycles. The van der Waals surface area contributed by atoms with Gasteiger partial charge in [0.25, 0.3) is 0 Å². The van der Waals surface area contributed by atoms with Crippen molar-refractivity contribution in [3.05, 3.63) is 60.7 Å². The maximum atomic E-state index is 11.9. The summed E-state index contributed by atoms with van der Waals surface area (Å²) < 4.78 is 33.4. The van der Waals surface area contributed by atoms with E-state index in [0.717, 1.165) is 29.4 Å². The van der Waals surface area contributed by atoms with Crippen molar-refractivity contribution in [2.24, 2.45) is 0 Å². The third-order valence-electron chi connectivity index (χ3n) is 2.58. The Labute approximate surface area is 186 Å². The molecule has 0 aromatic heterocycles. The summed E-state index contributed by atoms with van der Waals surface area (Å²) >= 11 is 0. The normalized spacial score (nSPS) is 15.6. The van der Waals surface area contributed by atoms with Crippen molar-refractivity contribution in [2.45, 2.75) is 9.79 Å². The van der Waals surface area contributed by atoms with Gasteiger partial charge in [-0.1, -0.05) is 36.4 Å². The molecular formula is C14H15O6P2S6-. The molecule has 0 spiro atoms. The zero-order chi connectivity index (χ0) is 20.3. The Kier molecular flexibility index (Phi) is 11.9. The lowest BCUT2D eigenvalue weighted by Gasteiger charge is -2.21. The second-order valence-electron chi connectivity index (χ2n) is 4.66. The standard InChI is InChI=1S/C14H16O6P2S6/c15-21(16,25-27-23-13-7-3-1-4-8-13)19-11-12-20-22(17,18)26-28-24-14-9-5-2-6-10-14/h1-10H,11-12H2,(H,15,16)(H,17,18)/p-1. The quantitative estimate of drug-likeness (QED) is 0.167. The summed E-state index contributed by atoms with van der Waals surface area (Å²) in [7, 11) is 6.11. The van der Waals surface area contributed by atoms with Crippen LogP contribution in [0, 0.1) is 0 Å². The fourth-order valence-electron chi connectivity index (χ4n) is 1.48. The Morgan fingerprint density at radius 1 is 0.786 bits per heavy atom. The molecule has 0 heterocycles. The van der Waals surface area contributed by atoms with Crippen molar-refractivity contribution in [1.29, 1.82) is 0 Å². The first-order chi connectivity index (χ1) is 13.4. The van der Waals surface area contributed by atoms with Crippen LogP contribution in [0.1, 0.15) is 0 Å². The van der Waals surface area contributed by atoms with E-state index in [1.807, 2.05) is 60.7 Å². The van der Waals surface area contributed by atoms with Crippen LogP contribution in [0.2, 0.25) is 0 Å². The number of hydrogen-bond donors (Lipinski definition) is 1. The van der Waals surface area contributed by atoms with Gasteiger partial charge in [-0.3, -0.25) is 9.09 Å². The molecule has 0 aliphatic heterocycles. The summed E-state index contributed by atoms with van der Waals surface area (Å²) in [5.41, 5.74) is 0. The first-order valence-electron chi connectivity index (χ1n) is 7.45. The smallest absolute Gasteiger partial charge is 0.397 e. The van der Waals surface area contributed by atoms with Crippen LogP contribution in [0.15, 0.2) is 70.5 Å². The maximum absolute atomic E-state index is 11.9. The van der Waals surface area contributed by atoms with E-state index in [1.165, 1.54) is 21.6 Å². The highest BCUT2D eigenvalue weighted by Gasteiger charge is 2.22. The molecule has 0 aliphatic carbocycles. The Balaban J connectivity index is 1.59. The van der Waals surface area contributed by atoms with E-state index in [0.29, 0.717) is 20.8 Å². The van der Waals surface area contributed by atoms with E-state index in [1.54, 1.807) is 0 Å². The second kappa shape index (κ2) is 13.3. The molecule has 2 atom stereocenters. The van der Waals surface area contributed by atoms with Gasteiger partial charge < -0.3 is 14.3 Å². The molecule has 6 nitrogen and oxygen atoms in total. The van der Waals surface area contributed by atoms with Crippen LogP contribution in [0.25, 0.3) is 0 Å². The molecule has 0 saturated carbocycles. The maximum Gasteiger partial charge on any atom is 0.397 e. The van der Waals surface area contributed by atoms with Crippen LogP contribution in [-0.4, -0.2) is 18.1 Å². The van der Waals surface area contributed by atoms with Gasteiger partial charge >= 0.3 is 6.80 Å². The molecule has 0 bridgehead atoms. The fraction of sp³-hybridized carbons (Fsp3) is 0.143. The van der Waals surface area contributed by atoms with Gasteiger partial charge in [-0.25, -0.2) is 4.57 Å². The number of hydrogen-bond acceptors (Lipinski definition) is 11. The third kappa shape index (κ3) is 11.3. The van der Waals surface area contributed by atoms with E-state index < -0.39 is 13.6 Å². The summed E-state index contributed by atoms with van der Waals surface area (Å²) in [6.07, 6.45) is 0. The molecule has 1 N–H and O–H groups in total. The first-order valence-corrected chi connectivity index (χ1v) is 18.7. The van der Waals surface area contributed by atoms with E-state index >= 15 is 0 Å². The predicted molar refractivity (Wildman–Crippen MR) is 124 cm³/mol. The zero-order valence-corrected chi connectivity index (χ0v) is 20.7. The largest absolute Gasteiger partial charge is 0.770 e. The molecule has 154 valence electrons. The first kappa shape index (κ1) is 25.1. The molecule has 14 heteroatoms. The number of benzene rings is 2. The van der Waals surface area contributed by atoms with Gasteiger partial charge in [0, 0.05) is 20.2 Å².